The number of H-pyrrole nitrogens is 1. The largest absolute Gasteiger partial charge is 0.382 e. The summed E-state index contributed by atoms with van der Waals surface area (Å²) in [6.07, 6.45) is 0. The maximum absolute atomic E-state index is 14.1. The number of aromatic nitrogens is 2. The predicted octanol–water partition coefficient (Wildman–Crippen LogP) is 4.43. The molecule has 2 aromatic carbocycles. The zero-order valence-electron chi connectivity index (χ0n) is 11.3. The van der Waals surface area contributed by atoms with Gasteiger partial charge in [-0.25, -0.2) is 4.39 Å². The standard InChI is InChI=1S/C16H13ClFN3/c1-9-6-7-10(12(17)8-9)15-14(16(19)21-20-15)11-4-2-3-5-13(11)18/h2-8H,1H3,(H3,19,20,21). The van der Waals surface area contributed by atoms with E-state index < -0.39 is 0 Å². The first-order valence-electron chi connectivity index (χ1n) is 6.43. The second-order valence-corrected chi connectivity index (χ2v) is 5.23. The molecule has 3 N–H and O–H groups in total. The van der Waals surface area contributed by atoms with Crippen LogP contribution in [0.4, 0.5) is 10.2 Å². The van der Waals surface area contributed by atoms with Gasteiger partial charge in [0, 0.05) is 11.1 Å². The van der Waals surface area contributed by atoms with Gasteiger partial charge in [0.1, 0.15) is 5.82 Å². The lowest BCUT2D eigenvalue weighted by Crippen LogP contribution is -1.92. The van der Waals surface area contributed by atoms with Crippen molar-refractivity contribution in [1.82, 2.24) is 10.2 Å². The molecule has 3 rings (SSSR count). The average molecular weight is 302 g/mol. The van der Waals surface area contributed by atoms with Crippen molar-refractivity contribution in [3.63, 3.8) is 0 Å². The van der Waals surface area contributed by atoms with Crippen LogP contribution < -0.4 is 5.73 Å². The highest BCUT2D eigenvalue weighted by Crippen LogP contribution is 2.38. The average Bonchev–Trinajstić information content (AvgIpc) is 2.81. The van der Waals surface area contributed by atoms with Crippen LogP contribution in [0.1, 0.15) is 5.56 Å². The summed E-state index contributed by atoms with van der Waals surface area (Å²) >= 11 is 6.29. The van der Waals surface area contributed by atoms with Crippen LogP contribution in [-0.2, 0) is 0 Å². The highest BCUT2D eigenvalue weighted by Gasteiger charge is 2.19. The molecular formula is C16H13ClFN3. The summed E-state index contributed by atoms with van der Waals surface area (Å²) in [4.78, 5) is 0. The summed E-state index contributed by atoms with van der Waals surface area (Å²) in [5.74, 6) is -0.109. The first kappa shape index (κ1) is 13.6. The Morgan fingerprint density at radius 3 is 2.62 bits per heavy atom. The van der Waals surface area contributed by atoms with Crippen molar-refractivity contribution in [3.05, 3.63) is 58.9 Å². The van der Waals surface area contributed by atoms with Gasteiger partial charge < -0.3 is 5.73 Å². The van der Waals surface area contributed by atoms with Crippen LogP contribution in [0.15, 0.2) is 42.5 Å². The normalized spacial score (nSPS) is 10.8. The molecule has 0 saturated heterocycles. The van der Waals surface area contributed by atoms with Crippen LogP contribution in [0.3, 0.4) is 0 Å². The Hall–Kier alpha value is -2.33. The monoisotopic (exact) mass is 301 g/mol. The number of nitrogens with zero attached hydrogens (tertiary/aromatic N) is 1. The predicted molar refractivity (Wildman–Crippen MR) is 83.6 cm³/mol. The molecule has 21 heavy (non-hydrogen) atoms. The van der Waals surface area contributed by atoms with Crippen LogP contribution in [-0.4, -0.2) is 10.2 Å². The topological polar surface area (TPSA) is 54.7 Å². The maximum atomic E-state index is 14.1. The highest BCUT2D eigenvalue weighted by molar-refractivity contribution is 6.33. The first-order valence-corrected chi connectivity index (χ1v) is 6.81. The van der Waals surface area contributed by atoms with Gasteiger partial charge in [-0.15, -0.1) is 0 Å². The molecule has 1 heterocycles. The van der Waals surface area contributed by atoms with Crippen LogP contribution >= 0.6 is 11.6 Å². The van der Waals surface area contributed by atoms with E-state index in [2.05, 4.69) is 10.2 Å². The molecule has 0 atom stereocenters. The van der Waals surface area contributed by atoms with Crippen molar-refractivity contribution < 1.29 is 4.39 Å². The molecule has 1 aromatic heterocycles. The van der Waals surface area contributed by atoms with E-state index >= 15 is 0 Å². The number of nitrogen functional groups attached to an aromatic ring is 1. The van der Waals surface area contributed by atoms with E-state index in [1.165, 1.54) is 6.07 Å². The number of aromatic amines is 1. The Balaban J connectivity index is 2.25. The van der Waals surface area contributed by atoms with Gasteiger partial charge in [-0.3, -0.25) is 5.10 Å². The minimum absolute atomic E-state index is 0.242. The molecule has 3 nitrogen and oxygen atoms in total. The molecule has 0 aliphatic heterocycles. The lowest BCUT2D eigenvalue weighted by Gasteiger charge is -2.08. The number of rotatable bonds is 2. The number of nitrogens with one attached hydrogen (secondary N) is 1. The van der Waals surface area contributed by atoms with Gasteiger partial charge in [-0.2, -0.15) is 5.10 Å². The molecule has 0 aliphatic carbocycles. The SMILES string of the molecule is Cc1ccc(-c2[nH]nc(N)c2-c2ccccc2F)c(Cl)c1. The number of hydrogen-bond acceptors (Lipinski definition) is 2. The molecule has 0 amide bonds. The molecule has 0 aliphatic rings. The number of anilines is 1. The summed E-state index contributed by atoms with van der Waals surface area (Å²) < 4.78 is 14.1. The number of nitrogens with two attached hydrogens (primary N) is 1. The van der Waals surface area contributed by atoms with E-state index in [0.717, 1.165) is 11.1 Å². The highest BCUT2D eigenvalue weighted by atomic mass is 35.5. The zero-order valence-corrected chi connectivity index (χ0v) is 12.1. The lowest BCUT2D eigenvalue weighted by atomic mass is 9.99. The van der Waals surface area contributed by atoms with E-state index in [9.17, 15) is 4.39 Å². The first-order chi connectivity index (χ1) is 10.1. The van der Waals surface area contributed by atoms with Gasteiger partial charge in [0.2, 0.25) is 0 Å². The Labute approximate surface area is 126 Å². The summed E-state index contributed by atoms with van der Waals surface area (Å²) in [5.41, 5.74) is 9.23. The van der Waals surface area contributed by atoms with E-state index in [1.807, 2.05) is 25.1 Å². The Morgan fingerprint density at radius 1 is 1.14 bits per heavy atom. The van der Waals surface area contributed by atoms with Gasteiger partial charge in [-0.1, -0.05) is 41.9 Å². The van der Waals surface area contributed by atoms with Gasteiger partial charge >= 0.3 is 0 Å². The van der Waals surface area contributed by atoms with Gasteiger partial charge in [0.25, 0.3) is 0 Å². The molecule has 0 spiro atoms. The van der Waals surface area contributed by atoms with E-state index in [0.29, 0.717) is 21.8 Å². The summed E-state index contributed by atoms with van der Waals surface area (Å²) in [5, 5.41) is 7.42. The van der Waals surface area contributed by atoms with Crippen molar-refractivity contribution in [2.24, 2.45) is 0 Å². The quantitative estimate of drug-likeness (QED) is 0.736. The summed E-state index contributed by atoms with van der Waals surface area (Å²) in [6.45, 7) is 1.95. The molecular weight excluding hydrogens is 289 g/mol. The van der Waals surface area contributed by atoms with Crippen molar-refractivity contribution >= 4 is 17.4 Å². The zero-order chi connectivity index (χ0) is 15.0. The number of aryl methyl sites for hydroxylation is 1. The summed E-state index contributed by atoms with van der Waals surface area (Å²) in [6, 6.07) is 12.1. The molecule has 0 saturated carbocycles. The Kier molecular flexibility index (Phi) is 3.39. The molecule has 5 heteroatoms. The smallest absolute Gasteiger partial charge is 0.153 e. The third-order valence-electron chi connectivity index (χ3n) is 3.33. The van der Waals surface area contributed by atoms with E-state index in [4.69, 9.17) is 17.3 Å². The van der Waals surface area contributed by atoms with Crippen molar-refractivity contribution in [1.29, 1.82) is 0 Å². The molecule has 106 valence electrons. The molecule has 3 aromatic rings. The minimum atomic E-state index is -0.352. The minimum Gasteiger partial charge on any atom is -0.382 e. The number of halogens is 2. The van der Waals surface area contributed by atoms with Crippen molar-refractivity contribution in [3.8, 4) is 22.4 Å². The van der Waals surface area contributed by atoms with Crippen LogP contribution in [0.5, 0.6) is 0 Å². The number of hydrogen-bond donors (Lipinski definition) is 2. The summed E-state index contributed by atoms with van der Waals surface area (Å²) in [7, 11) is 0. The second kappa shape index (κ2) is 5.22. The molecule has 0 radical (unpaired) electrons. The lowest BCUT2D eigenvalue weighted by molar-refractivity contribution is 0.631. The number of benzene rings is 2. The van der Waals surface area contributed by atoms with Crippen LogP contribution in [0.25, 0.3) is 22.4 Å². The van der Waals surface area contributed by atoms with Crippen LogP contribution in [0.2, 0.25) is 5.02 Å². The van der Waals surface area contributed by atoms with Gasteiger partial charge in [-0.05, 0) is 24.6 Å². The third kappa shape index (κ3) is 2.38. The molecule has 0 bridgehead atoms. The third-order valence-corrected chi connectivity index (χ3v) is 3.64. The fraction of sp³-hybridized carbons (Fsp3) is 0.0625. The van der Waals surface area contributed by atoms with Crippen molar-refractivity contribution in [2.45, 2.75) is 6.92 Å². The molecule has 0 fully saturated rings. The van der Waals surface area contributed by atoms with E-state index in [-0.39, 0.29) is 11.6 Å². The maximum Gasteiger partial charge on any atom is 0.153 e. The van der Waals surface area contributed by atoms with E-state index in [1.54, 1.807) is 18.2 Å². The Bertz CT molecular complexity index is 811. The van der Waals surface area contributed by atoms with Gasteiger partial charge in [0.15, 0.2) is 5.82 Å². The van der Waals surface area contributed by atoms with Gasteiger partial charge in [0.05, 0.1) is 16.3 Å². The Morgan fingerprint density at radius 2 is 1.90 bits per heavy atom. The second-order valence-electron chi connectivity index (χ2n) is 4.82. The molecule has 0 unspecified atom stereocenters. The fourth-order valence-electron chi connectivity index (χ4n) is 2.31. The fourth-order valence-corrected chi connectivity index (χ4v) is 2.64. The van der Waals surface area contributed by atoms with Crippen LogP contribution in [0, 0.1) is 12.7 Å². The van der Waals surface area contributed by atoms with Crippen molar-refractivity contribution in [2.75, 3.05) is 5.73 Å².